The molecule has 8 atom stereocenters. The van der Waals surface area contributed by atoms with E-state index >= 15 is 0 Å². The Labute approximate surface area is 361 Å². The number of nitrogens with one attached hydrogen (secondary N) is 7. The number of aromatic nitrogens is 3. The molecule has 2 aliphatic rings. The summed E-state index contributed by atoms with van der Waals surface area (Å²) >= 11 is 0. The number of carbonyl (C=O) groups excluding carboxylic acids is 6. The highest BCUT2D eigenvalue weighted by Crippen LogP contribution is 2.24. The number of aliphatic hydroxyl groups is 1. The van der Waals surface area contributed by atoms with E-state index in [9.17, 15) is 33.9 Å². The fraction of sp³-hybridized carbons (Fsp3) is 0.571. The number of guanidine groups is 1. The number of rotatable bonds is 15. The van der Waals surface area contributed by atoms with Crippen LogP contribution in [0.25, 0.3) is 10.9 Å². The van der Waals surface area contributed by atoms with Gasteiger partial charge >= 0.3 is 0 Å². The van der Waals surface area contributed by atoms with E-state index in [1.165, 1.54) is 11.8 Å². The van der Waals surface area contributed by atoms with E-state index in [2.05, 4.69) is 46.9 Å². The smallest absolute Gasteiger partial charge is 0.246 e. The van der Waals surface area contributed by atoms with Crippen LogP contribution in [0.2, 0.25) is 0 Å². The fourth-order valence-electron chi connectivity index (χ4n) is 7.87. The number of aromatic amines is 1. The lowest BCUT2D eigenvalue weighted by atomic mass is 9.96. The molecule has 0 spiro atoms. The van der Waals surface area contributed by atoms with E-state index in [1.807, 2.05) is 49.0 Å². The van der Waals surface area contributed by atoms with Crippen molar-refractivity contribution < 1.29 is 33.9 Å². The van der Waals surface area contributed by atoms with Gasteiger partial charge in [0.1, 0.15) is 42.1 Å². The number of imidazole rings is 1. The second-order valence-electron chi connectivity index (χ2n) is 16.3. The first kappa shape index (κ1) is 47.0. The molecule has 62 heavy (non-hydrogen) atoms. The van der Waals surface area contributed by atoms with E-state index in [-0.39, 0.29) is 51.2 Å². The molecule has 2 aliphatic heterocycles. The predicted molar refractivity (Wildman–Crippen MR) is 232 cm³/mol. The third-order valence-corrected chi connectivity index (χ3v) is 11.7. The van der Waals surface area contributed by atoms with Crippen LogP contribution in [0.4, 0.5) is 0 Å². The van der Waals surface area contributed by atoms with Crippen molar-refractivity contribution in [3.63, 3.8) is 0 Å². The van der Waals surface area contributed by atoms with E-state index in [0.29, 0.717) is 32.4 Å². The third kappa shape index (κ3) is 12.3. The van der Waals surface area contributed by atoms with Crippen LogP contribution in [-0.2, 0) is 48.8 Å². The molecule has 4 heterocycles. The third-order valence-electron chi connectivity index (χ3n) is 11.7. The van der Waals surface area contributed by atoms with Crippen molar-refractivity contribution >= 4 is 52.3 Å². The predicted octanol–water partition coefficient (Wildman–Crippen LogP) is -1.08. The summed E-state index contributed by atoms with van der Waals surface area (Å²) in [5.41, 5.74) is 12.6. The number of nitrogens with zero attached hydrogens (tertiary/aromatic N) is 4. The zero-order chi connectivity index (χ0) is 44.9. The summed E-state index contributed by atoms with van der Waals surface area (Å²) in [6.07, 6.45) is 6.03. The van der Waals surface area contributed by atoms with Crippen molar-refractivity contribution in [1.82, 2.24) is 51.3 Å². The van der Waals surface area contributed by atoms with Gasteiger partial charge in [0.05, 0.1) is 12.6 Å². The minimum atomic E-state index is -1.49. The molecule has 2 aromatic heterocycles. The van der Waals surface area contributed by atoms with E-state index < -0.39 is 83.7 Å². The van der Waals surface area contributed by atoms with E-state index in [0.717, 1.165) is 22.3 Å². The summed E-state index contributed by atoms with van der Waals surface area (Å²) in [5.74, 6) is -3.78. The molecule has 20 nitrogen and oxygen atoms in total. The monoisotopic (exact) mass is 861 g/mol. The molecule has 6 amide bonds. The normalized spacial score (nSPS) is 24.2. The Morgan fingerprint density at radius 2 is 1.56 bits per heavy atom. The van der Waals surface area contributed by atoms with E-state index in [4.69, 9.17) is 11.5 Å². The van der Waals surface area contributed by atoms with E-state index in [1.54, 1.807) is 19.3 Å². The molecule has 1 aromatic carbocycles. The van der Waals surface area contributed by atoms with Crippen molar-refractivity contribution in [3.05, 3.63) is 54.2 Å². The number of hydrogen-bond donors (Lipinski definition) is 10. The van der Waals surface area contributed by atoms with Gasteiger partial charge in [-0.05, 0) is 69.5 Å². The molecule has 5 rings (SSSR count). The van der Waals surface area contributed by atoms with Gasteiger partial charge in [0.2, 0.25) is 35.4 Å². The molecule has 0 saturated carbocycles. The van der Waals surface area contributed by atoms with Crippen LogP contribution in [0.5, 0.6) is 0 Å². The zero-order valence-electron chi connectivity index (χ0n) is 36.0. The van der Waals surface area contributed by atoms with Gasteiger partial charge in [-0.2, -0.15) is 0 Å². The standard InChI is InChI=1S/C42H63N13O7/c1-5-24(2)34-39(60)50-30(14-9-17-47-42(43)44)36(57)49-29(13-8-16-45-23-33-46-18-20-54(33)4)37(58)51-31(21-26-22-48-28-12-7-6-11-27(26)28)41(62)55-19-10-15-32(55)38(59)53-35(25(3)56)40(61)52-34/h6-7,11-12,18,20,22,24-25,29-32,34-35,45,48,56H,5,8-10,13-17,19,21,23H2,1-4H3,(H,49,57)(H,50,60)(H,51,58)(H,52,61)(H,53,59)(H4,43,44,47)/t24-,25+,29-,30+,31-,32+,34-,35-/m0/s1. The number of hydrogen-bond acceptors (Lipinski definition) is 10. The Hall–Kier alpha value is -6.02. The summed E-state index contributed by atoms with van der Waals surface area (Å²) < 4.78 is 1.88. The van der Waals surface area contributed by atoms with Gasteiger partial charge in [0, 0.05) is 56.1 Å². The number of aliphatic hydroxyl groups excluding tert-OH is 1. The van der Waals surface area contributed by atoms with Crippen LogP contribution in [0.15, 0.2) is 47.8 Å². The zero-order valence-corrected chi connectivity index (χ0v) is 36.0. The van der Waals surface area contributed by atoms with Gasteiger partial charge in [-0.1, -0.05) is 38.5 Å². The number of aliphatic imine (C=N–C) groups is 1. The first-order valence-electron chi connectivity index (χ1n) is 21.5. The van der Waals surface area contributed by atoms with Gasteiger partial charge in [0.15, 0.2) is 5.96 Å². The molecule has 3 aromatic rings. The SMILES string of the molecule is CC[C@H](C)[C@@H]1NC(=O)[C@H]([C@@H](C)O)NC(=O)[C@H]2CCCN2C(=O)[C@H](Cc2c[nH]c3ccccc23)NC(=O)[C@H](CCCNCc2nccn2C)NC(=O)[C@@H](CCCN=C(N)N)NC1=O. The van der Waals surface area contributed by atoms with Crippen molar-refractivity contribution in [3.8, 4) is 0 Å². The minimum Gasteiger partial charge on any atom is -0.391 e. The molecule has 0 radical (unpaired) electrons. The van der Waals surface area contributed by atoms with Gasteiger partial charge < -0.3 is 62.9 Å². The van der Waals surface area contributed by atoms with Crippen LogP contribution in [0.3, 0.4) is 0 Å². The summed E-state index contributed by atoms with van der Waals surface area (Å²) in [6.45, 7) is 6.17. The Bertz CT molecular complexity index is 2060. The highest BCUT2D eigenvalue weighted by molar-refractivity contribution is 5.99. The first-order valence-corrected chi connectivity index (χ1v) is 21.5. The maximum Gasteiger partial charge on any atom is 0.246 e. The number of H-pyrrole nitrogens is 1. The maximum absolute atomic E-state index is 14.7. The maximum atomic E-state index is 14.7. The molecule has 20 heteroatoms. The number of aryl methyl sites for hydroxylation is 1. The Balaban J connectivity index is 1.52. The lowest BCUT2D eigenvalue weighted by Gasteiger charge is -2.33. The number of benzene rings is 1. The average Bonchev–Trinajstić information content (AvgIpc) is 4.01. The first-order chi connectivity index (χ1) is 29.7. The van der Waals surface area contributed by atoms with Crippen molar-refractivity contribution in [1.29, 1.82) is 0 Å². The number of fused-ring (bicyclic) bond motifs is 2. The molecule has 0 bridgehead atoms. The van der Waals surface area contributed by atoms with Crippen LogP contribution in [-0.4, -0.2) is 128 Å². The Morgan fingerprint density at radius 1 is 0.903 bits per heavy atom. The molecular formula is C42H63N13O7. The summed E-state index contributed by atoms with van der Waals surface area (Å²) in [6, 6.07) is 0.279. The Morgan fingerprint density at radius 3 is 2.24 bits per heavy atom. The molecule has 12 N–H and O–H groups in total. The second kappa shape index (κ2) is 22.2. The fourth-order valence-corrected chi connectivity index (χ4v) is 7.87. The summed E-state index contributed by atoms with van der Waals surface area (Å²) in [7, 11) is 1.88. The molecular weight excluding hydrogens is 799 g/mol. The topological polar surface area (TPSA) is 296 Å². The number of carbonyl (C=O) groups is 6. The molecule has 2 fully saturated rings. The average molecular weight is 862 g/mol. The quantitative estimate of drug-likeness (QED) is 0.0498. The summed E-state index contributed by atoms with van der Waals surface area (Å²) in [5, 5.41) is 28.8. The highest BCUT2D eigenvalue weighted by Gasteiger charge is 2.41. The highest BCUT2D eigenvalue weighted by atomic mass is 16.3. The van der Waals surface area contributed by atoms with Crippen molar-refractivity contribution in [2.45, 2.75) is 121 Å². The van der Waals surface area contributed by atoms with Crippen molar-refractivity contribution in [2.24, 2.45) is 29.4 Å². The van der Waals surface area contributed by atoms with Crippen LogP contribution >= 0.6 is 0 Å². The van der Waals surface area contributed by atoms with Crippen molar-refractivity contribution in [2.75, 3.05) is 19.6 Å². The van der Waals surface area contributed by atoms with Gasteiger partial charge in [0.25, 0.3) is 0 Å². The second-order valence-corrected chi connectivity index (χ2v) is 16.3. The van der Waals surface area contributed by atoms with Gasteiger partial charge in [-0.25, -0.2) is 4.98 Å². The molecule has 0 unspecified atom stereocenters. The molecule has 2 saturated heterocycles. The molecule has 338 valence electrons. The number of para-hydroxylation sites is 1. The lowest BCUT2D eigenvalue weighted by molar-refractivity contribution is -0.143. The summed E-state index contributed by atoms with van der Waals surface area (Å²) in [4.78, 5) is 98.5. The largest absolute Gasteiger partial charge is 0.391 e. The lowest BCUT2D eigenvalue weighted by Crippen LogP contribution is -2.63. The minimum absolute atomic E-state index is 0.0461. The van der Waals surface area contributed by atoms with Crippen LogP contribution in [0, 0.1) is 5.92 Å². The molecule has 0 aliphatic carbocycles. The number of nitrogens with two attached hydrogens (primary N) is 2. The Kier molecular flexibility index (Phi) is 16.8. The van der Waals surface area contributed by atoms with Crippen LogP contribution < -0.4 is 43.4 Å². The van der Waals surface area contributed by atoms with Gasteiger partial charge in [-0.15, -0.1) is 0 Å². The number of amides is 6. The van der Waals surface area contributed by atoms with Crippen LogP contribution in [0.1, 0.15) is 77.1 Å². The van der Waals surface area contributed by atoms with Gasteiger partial charge in [-0.3, -0.25) is 33.8 Å².